The van der Waals surface area contributed by atoms with Crippen molar-refractivity contribution < 1.29 is 24.2 Å². The van der Waals surface area contributed by atoms with Crippen molar-refractivity contribution in [2.75, 3.05) is 18.5 Å². The number of benzene rings is 1. The van der Waals surface area contributed by atoms with Gasteiger partial charge < -0.3 is 19.9 Å². The Kier molecular flexibility index (Phi) is 5.67. The lowest BCUT2D eigenvalue weighted by Crippen LogP contribution is -2.32. The van der Waals surface area contributed by atoms with Crippen molar-refractivity contribution in [1.82, 2.24) is 0 Å². The van der Waals surface area contributed by atoms with Gasteiger partial charge in [0.25, 0.3) is 5.91 Å². The third-order valence-corrected chi connectivity index (χ3v) is 5.27. The van der Waals surface area contributed by atoms with Crippen LogP contribution in [0.4, 0.5) is 5.69 Å². The van der Waals surface area contributed by atoms with E-state index in [1.54, 1.807) is 25.1 Å². The molecule has 1 aliphatic heterocycles. The van der Waals surface area contributed by atoms with Crippen molar-refractivity contribution in [2.24, 2.45) is 0 Å². The van der Waals surface area contributed by atoms with E-state index in [-0.39, 0.29) is 16.9 Å². The number of thiophene rings is 1. The molecule has 134 valence electrons. The second-order valence-corrected chi connectivity index (χ2v) is 7.21. The van der Waals surface area contributed by atoms with Gasteiger partial charge in [0, 0.05) is 17.0 Å². The molecule has 6 nitrogen and oxygen atoms in total. The van der Waals surface area contributed by atoms with Gasteiger partial charge in [-0.1, -0.05) is 0 Å². The van der Waals surface area contributed by atoms with Gasteiger partial charge in [0.15, 0.2) is 0 Å². The van der Waals surface area contributed by atoms with Crippen molar-refractivity contribution in [3.8, 4) is 0 Å². The largest absolute Gasteiger partial charge is 0.477 e. The molecule has 2 atom stereocenters. The Labute approximate surface area is 149 Å². The Bertz CT molecular complexity index is 766. The highest BCUT2D eigenvalue weighted by Crippen LogP contribution is 2.28. The first-order chi connectivity index (χ1) is 12.0. The summed E-state index contributed by atoms with van der Waals surface area (Å²) in [6, 6.07) is 6.95. The van der Waals surface area contributed by atoms with Crippen molar-refractivity contribution >= 4 is 39.0 Å². The van der Waals surface area contributed by atoms with Gasteiger partial charge in [-0.05, 0) is 55.8 Å². The quantitative estimate of drug-likeness (QED) is 0.820. The number of hydrogen-bond acceptors (Lipinski definition) is 5. The predicted octanol–water partition coefficient (Wildman–Crippen LogP) is 3.51. The number of carbonyl (C=O) groups excluding carboxylic acids is 1. The molecule has 2 unspecified atom stereocenters. The summed E-state index contributed by atoms with van der Waals surface area (Å²) in [7, 11) is 0. The number of carboxylic acid groups (broad SMARTS) is 1. The average Bonchev–Trinajstić information content (AvgIpc) is 3.04. The number of rotatable bonds is 6. The third-order valence-electron chi connectivity index (χ3n) is 4.17. The van der Waals surface area contributed by atoms with Crippen molar-refractivity contribution in [3.63, 3.8) is 0 Å². The van der Waals surface area contributed by atoms with E-state index in [0.717, 1.165) is 36.0 Å². The van der Waals surface area contributed by atoms with E-state index in [0.29, 0.717) is 12.3 Å². The Morgan fingerprint density at radius 2 is 2.24 bits per heavy atom. The molecule has 3 rings (SSSR count). The first-order valence-corrected chi connectivity index (χ1v) is 9.15. The second kappa shape index (κ2) is 7.95. The first kappa shape index (κ1) is 17.8. The van der Waals surface area contributed by atoms with E-state index in [1.807, 2.05) is 6.07 Å². The van der Waals surface area contributed by atoms with E-state index < -0.39 is 12.1 Å². The summed E-state index contributed by atoms with van der Waals surface area (Å²) < 4.78 is 12.1. The van der Waals surface area contributed by atoms with Crippen molar-refractivity contribution in [1.29, 1.82) is 0 Å². The fourth-order valence-corrected chi connectivity index (χ4v) is 3.62. The van der Waals surface area contributed by atoms with Gasteiger partial charge >= 0.3 is 5.97 Å². The minimum atomic E-state index is -0.946. The van der Waals surface area contributed by atoms with Crippen LogP contribution in [-0.2, 0) is 14.3 Å². The number of carboxylic acids is 1. The fourth-order valence-electron chi connectivity index (χ4n) is 2.74. The fraction of sp³-hybridized carbons (Fsp3) is 0.444. The molecule has 7 heteroatoms. The number of carbonyl (C=O) groups is 2. The molecule has 0 saturated carbocycles. The van der Waals surface area contributed by atoms with Gasteiger partial charge in [0.05, 0.1) is 12.7 Å². The third kappa shape index (κ3) is 4.56. The minimum Gasteiger partial charge on any atom is -0.477 e. The highest BCUT2D eigenvalue weighted by molar-refractivity contribution is 7.20. The molecule has 0 aliphatic carbocycles. The highest BCUT2D eigenvalue weighted by Gasteiger charge is 2.19. The van der Waals surface area contributed by atoms with E-state index in [2.05, 4.69) is 5.32 Å². The average molecular weight is 363 g/mol. The molecule has 25 heavy (non-hydrogen) atoms. The number of ether oxygens (including phenoxy) is 2. The van der Waals surface area contributed by atoms with Crippen molar-refractivity contribution in [2.45, 2.75) is 38.4 Å². The smallest absolute Gasteiger partial charge is 0.345 e. The monoisotopic (exact) mass is 363 g/mol. The van der Waals surface area contributed by atoms with E-state index in [1.165, 1.54) is 11.3 Å². The molecule has 0 radical (unpaired) electrons. The van der Waals surface area contributed by atoms with Crippen LogP contribution in [0, 0.1) is 0 Å². The summed E-state index contributed by atoms with van der Waals surface area (Å²) >= 11 is 1.21. The number of fused-ring (bicyclic) bond motifs is 1. The molecule has 1 saturated heterocycles. The van der Waals surface area contributed by atoms with Crippen LogP contribution < -0.4 is 5.32 Å². The topological polar surface area (TPSA) is 84.9 Å². The number of hydrogen-bond donors (Lipinski definition) is 2. The summed E-state index contributed by atoms with van der Waals surface area (Å²) in [5.41, 5.74) is 0.622. The Morgan fingerprint density at radius 3 is 2.96 bits per heavy atom. The van der Waals surface area contributed by atoms with Crippen LogP contribution in [0.2, 0.25) is 0 Å². The standard InChI is InChI=1S/C18H21NO5S/c1-11(24-10-14-4-2-3-7-23-14)17(20)19-13-5-6-15-12(8-13)9-16(25-15)18(21)22/h5-6,8-9,11,14H,2-4,7,10H2,1H3,(H,19,20)(H,21,22). The van der Waals surface area contributed by atoms with Crippen LogP contribution in [0.5, 0.6) is 0 Å². The summed E-state index contributed by atoms with van der Waals surface area (Å²) in [5.74, 6) is -1.18. The first-order valence-electron chi connectivity index (χ1n) is 8.34. The Hall–Kier alpha value is -1.96. The zero-order chi connectivity index (χ0) is 17.8. The Morgan fingerprint density at radius 1 is 1.40 bits per heavy atom. The lowest BCUT2D eigenvalue weighted by atomic mass is 10.1. The van der Waals surface area contributed by atoms with Crippen LogP contribution in [0.15, 0.2) is 24.3 Å². The maximum Gasteiger partial charge on any atom is 0.345 e. The second-order valence-electron chi connectivity index (χ2n) is 6.12. The summed E-state index contributed by atoms with van der Waals surface area (Å²) in [6.07, 6.45) is 2.67. The molecular formula is C18H21NO5S. The zero-order valence-electron chi connectivity index (χ0n) is 14.0. The SMILES string of the molecule is CC(OCC1CCCCO1)C(=O)Nc1ccc2sc(C(=O)O)cc2c1. The van der Waals surface area contributed by atoms with Crippen LogP contribution in [0.25, 0.3) is 10.1 Å². The molecular weight excluding hydrogens is 342 g/mol. The van der Waals surface area contributed by atoms with E-state index in [4.69, 9.17) is 14.6 Å². The number of nitrogens with one attached hydrogen (secondary N) is 1. The molecule has 0 spiro atoms. The molecule has 2 heterocycles. The van der Waals surface area contributed by atoms with Gasteiger partial charge in [-0.2, -0.15) is 0 Å². The van der Waals surface area contributed by atoms with Crippen LogP contribution in [-0.4, -0.2) is 42.4 Å². The lowest BCUT2D eigenvalue weighted by molar-refractivity contribution is -0.130. The van der Waals surface area contributed by atoms with Crippen LogP contribution in [0.1, 0.15) is 35.9 Å². The lowest BCUT2D eigenvalue weighted by Gasteiger charge is -2.23. The van der Waals surface area contributed by atoms with Crippen LogP contribution in [0.3, 0.4) is 0 Å². The molecule has 1 amide bonds. The highest BCUT2D eigenvalue weighted by atomic mass is 32.1. The van der Waals surface area contributed by atoms with E-state index in [9.17, 15) is 9.59 Å². The maximum atomic E-state index is 12.3. The summed E-state index contributed by atoms with van der Waals surface area (Å²) in [5, 5.41) is 12.7. The zero-order valence-corrected chi connectivity index (χ0v) is 14.8. The number of amides is 1. The normalized spacial score (nSPS) is 18.8. The van der Waals surface area contributed by atoms with Crippen LogP contribution >= 0.6 is 11.3 Å². The van der Waals surface area contributed by atoms with Gasteiger partial charge in [-0.3, -0.25) is 4.79 Å². The Balaban J connectivity index is 1.57. The van der Waals surface area contributed by atoms with Gasteiger partial charge in [-0.25, -0.2) is 4.79 Å². The van der Waals surface area contributed by atoms with Gasteiger partial charge in [0.1, 0.15) is 11.0 Å². The summed E-state index contributed by atoms with van der Waals surface area (Å²) in [6.45, 7) is 2.89. The number of aromatic carboxylic acids is 1. The molecule has 1 aromatic heterocycles. The van der Waals surface area contributed by atoms with Gasteiger partial charge in [-0.15, -0.1) is 11.3 Å². The summed E-state index contributed by atoms with van der Waals surface area (Å²) in [4.78, 5) is 23.6. The van der Waals surface area contributed by atoms with Crippen molar-refractivity contribution in [3.05, 3.63) is 29.1 Å². The van der Waals surface area contributed by atoms with Gasteiger partial charge in [0.2, 0.25) is 0 Å². The van der Waals surface area contributed by atoms with E-state index >= 15 is 0 Å². The molecule has 2 N–H and O–H groups in total. The molecule has 2 aromatic rings. The minimum absolute atomic E-state index is 0.0700. The molecule has 1 fully saturated rings. The molecule has 1 aliphatic rings. The number of anilines is 1. The molecule has 0 bridgehead atoms. The maximum absolute atomic E-state index is 12.3. The molecule has 1 aromatic carbocycles. The predicted molar refractivity (Wildman–Crippen MR) is 96.4 cm³/mol.